The Morgan fingerprint density at radius 1 is 1.06 bits per heavy atom. The van der Waals surface area contributed by atoms with E-state index in [1.54, 1.807) is 10.7 Å². The van der Waals surface area contributed by atoms with E-state index in [0.717, 1.165) is 22.4 Å². The van der Waals surface area contributed by atoms with Crippen LogP contribution in [0.5, 0.6) is 0 Å². The quantitative estimate of drug-likeness (QED) is 0.670. The lowest BCUT2D eigenvalue weighted by Crippen LogP contribution is -1.96. The molecule has 84 valence electrons. The molecule has 2 aromatic carbocycles. The molecule has 0 fully saturated rings. The largest absolute Gasteiger partial charge is 0.399 e. The first kappa shape index (κ1) is 10.1. The summed E-state index contributed by atoms with van der Waals surface area (Å²) in [6.45, 7) is 0. The van der Waals surface area contributed by atoms with Gasteiger partial charge in [-0.15, -0.1) is 5.10 Å². The lowest BCUT2D eigenvalue weighted by molar-refractivity contribution is 0.824. The van der Waals surface area contributed by atoms with Gasteiger partial charge in [0.1, 0.15) is 5.52 Å². The number of rotatable bonds is 1. The zero-order chi connectivity index (χ0) is 11.8. The van der Waals surface area contributed by atoms with Gasteiger partial charge in [-0.05, 0) is 42.5 Å². The summed E-state index contributed by atoms with van der Waals surface area (Å²) in [4.78, 5) is 0. The van der Waals surface area contributed by atoms with Crippen LogP contribution in [0.25, 0.3) is 16.7 Å². The topological polar surface area (TPSA) is 56.7 Å². The van der Waals surface area contributed by atoms with E-state index in [-0.39, 0.29) is 0 Å². The van der Waals surface area contributed by atoms with Crippen LogP contribution in [-0.2, 0) is 0 Å². The predicted octanol–water partition coefficient (Wildman–Crippen LogP) is 2.66. The van der Waals surface area contributed by atoms with Crippen LogP contribution in [0.3, 0.4) is 0 Å². The van der Waals surface area contributed by atoms with Crippen molar-refractivity contribution in [3.63, 3.8) is 0 Å². The van der Waals surface area contributed by atoms with Crippen LogP contribution in [0.2, 0.25) is 5.02 Å². The molecule has 0 saturated heterocycles. The van der Waals surface area contributed by atoms with Crippen LogP contribution in [0.15, 0.2) is 42.5 Å². The minimum Gasteiger partial charge on any atom is -0.399 e. The van der Waals surface area contributed by atoms with Crippen LogP contribution in [-0.4, -0.2) is 15.0 Å². The molecule has 0 saturated carbocycles. The molecule has 5 heteroatoms. The monoisotopic (exact) mass is 244 g/mol. The molecule has 0 amide bonds. The van der Waals surface area contributed by atoms with Gasteiger partial charge in [-0.2, -0.15) is 0 Å². The van der Waals surface area contributed by atoms with E-state index in [2.05, 4.69) is 10.3 Å². The second-order valence-corrected chi connectivity index (χ2v) is 4.16. The van der Waals surface area contributed by atoms with Crippen LogP contribution in [0.4, 0.5) is 5.69 Å². The van der Waals surface area contributed by atoms with E-state index in [4.69, 9.17) is 17.3 Å². The second-order valence-electron chi connectivity index (χ2n) is 3.73. The number of fused-ring (bicyclic) bond motifs is 1. The molecule has 3 rings (SSSR count). The van der Waals surface area contributed by atoms with E-state index in [0.29, 0.717) is 5.02 Å². The standard InChI is InChI=1S/C12H9ClN4/c13-8-1-6-11-12(7-8)17(16-15-11)10-4-2-9(14)3-5-10/h1-7H,14H2. The number of benzene rings is 2. The molecule has 0 aliphatic carbocycles. The highest BCUT2D eigenvalue weighted by atomic mass is 35.5. The number of hydrogen-bond acceptors (Lipinski definition) is 3. The number of halogens is 1. The lowest BCUT2D eigenvalue weighted by atomic mass is 10.2. The van der Waals surface area contributed by atoms with Crippen molar-refractivity contribution in [3.05, 3.63) is 47.5 Å². The molecule has 0 radical (unpaired) electrons. The summed E-state index contributed by atoms with van der Waals surface area (Å²) in [5.41, 5.74) is 8.96. The fraction of sp³-hybridized carbons (Fsp3) is 0. The van der Waals surface area contributed by atoms with Crippen molar-refractivity contribution in [1.29, 1.82) is 0 Å². The van der Waals surface area contributed by atoms with Gasteiger partial charge in [0.05, 0.1) is 11.2 Å². The first-order chi connectivity index (χ1) is 8.24. The maximum atomic E-state index is 5.97. The molecule has 0 aliphatic heterocycles. The van der Waals surface area contributed by atoms with Crippen molar-refractivity contribution in [2.45, 2.75) is 0 Å². The molecule has 0 spiro atoms. The van der Waals surface area contributed by atoms with Crippen LogP contribution >= 0.6 is 11.6 Å². The third-order valence-electron chi connectivity index (χ3n) is 2.55. The molecule has 4 nitrogen and oxygen atoms in total. The fourth-order valence-corrected chi connectivity index (χ4v) is 1.86. The maximum absolute atomic E-state index is 5.97. The summed E-state index contributed by atoms with van der Waals surface area (Å²) >= 11 is 5.97. The highest BCUT2D eigenvalue weighted by Crippen LogP contribution is 2.20. The van der Waals surface area contributed by atoms with Crippen molar-refractivity contribution in [2.75, 3.05) is 5.73 Å². The molecule has 2 N–H and O–H groups in total. The molecule has 0 atom stereocenters. The van der Waals surface area contributed by atoms with Crippen molar-refractivity contribution in [2.24, 2.45) is 0 Å². The Labute approximate surface area is 103 Å². The summed E-state index contributed by atoms with van der Waals surface area (Å²) in [6, 6.07) is 12.9. The normalized spacial score (nSPS) is 10.9. The molecular weight excluding hydrogens is 236 g/mol. The Morgan fingerprint density at radius 2 is 1.82 bits per heavy atom. The number of nitrogens with two attached hydrogens (primary N) is 1. The summed E-state index contributed by atoms with van der Waals surface area (Å²) in [5, 5.41) is 8.85. The average Bonchev–Trinajstić information content (AvgIpc) is 2.73. The van der Waals surface area contributed by atoms with Gasteiger partial charge in [-0.1, -0.05) is 16.8 Å². The zero-order valence-corrected chi connectivity index (χ0v) is 9.59. The summed E-state index contributed by atoms with van der Waals surface area (Å²) in [7, 11) is 0. The molecule has 0 unspecified atom stereocenters. The fourth-order valence-electron chi connectivity index (χ4n) is 1.70. The highest BCUT2D eigenvalue weighted by Gasteiger charge is 2.06. The molecule has 3 aromatic rings. The zero-order valence-electron chi connectivity index (χ0n) is 8.84. The third-order valence-corrected chi connectivity index (χ3v) is 2.78. The van der Waals surface area contributed by atoms with Crippen molar-refractivity contribution >= 4 is 28.3 Å². The van der Waals surface area contributed by atoms with Crippen molar-refractivity contribution in [3.8, 4) is 5.69 Å². The molecular formula is C12H9ClN4. The lowest BCUT2D eigenvalue weighted by Gasteiger charge is -2.02. The number of hydrogen-bond donors (Lipinski definition) is 1. The average molecular weight is 245 g/mol. The van der Waals surface area contributed by atoms with Gasteiger partial charge in [-0.3, -0.25) is 0 Å². The van der Waals surface area contributed by atoms with Crippen LogP contribution in [0, 0.1) is 0 Å². The number of aromatic nitrogens is 3. The first-order valence-electron chi connectivity index (χ1n) is 5.11. The highest BCUT2D eigenvalue weighted by molar-refractivity contribution is 6.31. The Balaban J connectivity index is 2.23. The molecule has 0 aliphatic rings. The van der Waals surface area contributed by atoms with Gasteiger partial charge in [0.15, 0.2) is 0 Å². The summed E-state index contributed by atoms with van der Waals surface area (Å²) < 4.78 is 1.74. The van der Waals surface area contributed by atoms with Crippen LogP contribution < -0.4 is 5.73 Å². The van der Waals surface area contributed by atoms with E-state index >= 15 is 0 Å². The number of anilines is 1. The summed E-state index contributed by atoms with van der Waals surface area (Å²) in [5.74, 6) is 0. The van der Waals surface area contributed by atoms with Crippen molar-refractivity contribution < 1.29 is 0 Å². The molecule has 1 aromatic heterocycles. The van der Waals surface area contributed by atoms with Gasteiger partial charge in [0.25, 0.3) is 0 Å². The minimum absolute atomic E-state index is 0.663. The van der Waals surface area contributed by atoms with Gasteiger partial charge in [0, 0.05) is 10.7 Å². The van der Waals surface area contributed by atoms with E-state index in [1.165, 1.54) is 0 Å². The van der Waals surface area contributed by atoms with Gasteiger partial charge in [-0.25, -0.2) is 4.68 Å². The Kier molecular flexibility index (Phi) is 2.23. The second kappa shape index (κ2) is 3.75. The third kappa shape index (κ3) is 1.72. The Hall–Kier alpha value is -2.07. The van der Waals surface area contributed by atoms with Crippen LogP contribution in [0.1, 0.15) is 0 Å². The molecule has 0 bridgehead atoms. The maximum Gasteiger partial charge on any atom is 0.113 e. The Bertz CT molecular complexity index is 673. The number of nitrogen functional groups attached to an aromatic ring is 1. The minimum atomic E-state index is 0.663. The predicted molar refractivity (Wildman–Crippen MR) is 68.3 cm³/mol. The number of nitrogens with zero attached hydrogens (tertiary/aromatic N) is 3. The van der Waals surface area contributed by atoms with E-state index < -0.39 is 0 Å². The van der Waals surface area contributed by atoms with E-state index in [9.17, 15) is 0 Å². The molecule has 1 heterocycles. The molecule has 17 heavy (non-hydrogen) atoms. The van der Waals surface area contributed by atoms with E-state index in [1.807, 2.05) is 36.4 Å². The first-order valence-corrected chi connectivity index (χ1v) is 5.49. The SMILES string of the molecule is Nc1ccc(-n2nnc3ccc(Cl)cc32)cc1. The van der Waals surface area contributed by atoms with Gasteiger partial charge in [0.2, 0.25) is 0 Å². The Morgan fingerprint density at radius 3 is 2.59 bits per heavy atom. The van der Waals surface area contributed by atoms with Crippen molar-refractivity contribution in [1.82, 2.24) is 15.0 Å². The summed E-state index contributed by atoms with van der Waals surface area (Å²) in [6.07, 6.45) is 0. The smallest absolute Gasteiger partial charge is 0.113 e. The van der Waals surface area contributed by atoms with Gasteiger partial charge >= 0.3 is 0 Å². The van der Waals surface area contributed by atoms with Gasteiger partial charge < -0.3 is 5.73 Å².